The minimum absolute atomic E-state index is 0.0139. The van der Waals surface area contributed by atoms with Gasteiger partial charge < -0.3 is 39.6 Å². The van der Waals surface area contributed by atoms with Crippen LogP contribution in [0, 0.1) is 23.3 Å². The van der Waals surface area contributed by atoms with Crippen molar-refractivity contribution in [3.63, 3.8) is 0 Å². The van der Waals surface area contributed by atoms with Crippen molar-refractivity contribution >= 4 is 29.7 Å². The van der Waals surface area contributed by atoms with E-state index in [0.717, 1.165) is 25.0 Å². The van der Waals surface area contributed by atoms with Crippen LogP contribution in [0.4, 0.5) is 22.4 Å². The number of urea groups is 1. The quantitative estimate of drug-likeness (QED) is 0.0463. The summed E-state index contributed by atoms with van der Waals surface area (Å²) in [5.74, 6) is -8.58. The zero-order chi connectivity index (χ0) is 31.0. The Balaban J connectivity index is 1.04. The van der Waals surface area contributed by atoms with E-state index < -0.39 is 41.4 Å². The van der Waals surface area contributed by atoms with Crippen LogP contribution >= 0.6 is 11.8 Å². The van der Waals surface area contributed by atoms with Crippen molar-refractivity contribution in [1.82, 2.24) is 16.0 Å². The number of esters is 1. The molecule has 0 aliphatic carbocycles. The SMILES string of the molecule is O=C(CCCC[C@@H]1SC[C@@H]2NC(=O)N[C@@H]21)NCCOCCOCCOCCOCCC(=O)Oc1c(F)c(F)cc(F)c1F. The molecule has 242 valence electrons. The van der Waals surface area contributed by atoms with Gasteiger partial charge in [0.15, 0.2) is 11.6 Å². The Morgan fingerprint density at radius 1 is 0.837 bits per heavy atom. The Morgan fingerprint density at radius 2 is 1.44 bits per heavy atom. The smallest absolute Gasteiger partial charge is 0.315 e. The highest BCUT2D eigenvalue weighted by Crippen LogP contribution is 2.33. The first-order valence-corrected chi connectivity index (χ1v) is 15.1. The van der Waals surface area contributed by atoms with E-state index in [1.165, 1.54) is 0 Å². The summed E-state index contributed by atoms with van der Waals surface area (Å²) in [6.45, 7) is 2.26. The predicted octanol–water partition coefficient (Wildman–Crippen LogP) is 2.45. The normalized spacial score (nSPS) is 19.2. The van der Waals surface area contributed by atoms with Crippen molar-refractivity contribution in [1.29, 1.82) is 0 Å². The number of fused-ring (bicyclic) bond motifs is 1. The number of hydrogen-bond acceptors (Lipinski definition) is 9. The number of halogens is 4. The number of rotatable bonds is 21. The standard InChI is InChI=1S/C27H37F4N3O8S/c28-17-15-18(29)24(31)26(23(17)30)42-22(36)5-7-38-9-11-40-13-14-41-12-10-39-8-6-32-21(35)4-2-1-3-20-25-19(16-43-20)33-27(37)34-25/h15,19-20,25H,1-14,16H2,(H,32,35)(H2,33,34,37)/t19-,20-,25-/m0/s1. The third-order valence-corrected chi connectivity index (χ3v) is 8.01. The average molecular weight is 640 g/mol. The van der Waals surface area contributed by atoms with Gasteiger partial charge in [-0.3, -0.25) is 9.59 Å². The lowest BCUT2D eigenvalue weighted by Gasteiger charge is -2.16. The van der Waals surface area contributed by atoms with Gasteiger partial charge in [0.25, 0.3) is 0 Å². The van der Waals surface area contributed by atoms with Gasteiger partial charge in [0.1, 0.15) is 0 Å². The van der Waals surface area contributed by atoms with Crippen molar-refractivity contribution < 1.29 is 55.6 Å². The molecule has 43 heavy (non-hydrogen) atoms. The highest BCUT2D eigenvalue weighted by Gasteiger charge is 2.42. The van der Waals surface area contributed by atoms with Crippen molar-refractivity contribution in [2.45, 2.75) is 49.4 Å². The van der Waals surface area contributed by atoms with Crippen molar-refractivity contribution in [3.8, 4) is 5.75 Å². The largest absolute Gasteiger partial charge is 0.420 e. The fourth-order valence-corrected chi connectivity index (χ4v) is 5.89. The van der Waals surface area contributed by atoms with E-state index in [-0.39, 0.29) is 56.5 Å². The van der Waals surface area contributed by atoms with Gasteiger partial charge in [0, 0.05) is 30.0 Å². The third-order valence-electron chi connectivity index (χ3n) is 6.50. The van der Waals surface area contributed by atoms with Crippen LogP contribution in [-0.2, 0) is 28.5 Å². The molecular weight excluding hydrogens is 602 g/mol. The molecule has 0 spiro atoms. The zero-order valence-corrected chi connectivity index (χ0v) is 24.4. The fraction of sp³-hybridized carbons (Fsp3) is 0.667. The highest BCUT2D eigenvalue weighted by atomic mass is 32.2. The van der Waals surface area contributed by atoms with E-state index in [4.69, 9.17) is 18.9 Å². The molecule has 2 aliphatic rings. The molecule has 1 aromatic carbocycles. The van der Waals surface area contributed by atoms with Crippen LogP contribution in [0.25, 0.3) is 0 Å². The number of benzene rings is 1. The van der Waals surface area contributed by atoms with Crippen molar-refractivity contribution in [3.05, 3.63) is 29.3 Å². The average Bonchev–Trinajstić information content (AvgIpc) is 3.53. The van der Waals surface area contributed by atoms with Crippen molar-refractivity contribution in [2.24, 2.45) is 0 Å². The zero-order valence-electron chi connectivity index (χ0n) is 23.6. The van der Waals surface area contributed by atoms with Crippen LogP contribution in [0.5, 0.6) is 5.75 Å². The molecule has 3 rings (SSSR count). The maximum atomic E-state index is 13.5. The Kier molecular flexibility index (Phi) is 15.3. The number of carbonyl (C=O) groups is 3. The summed E-state index contributed by atoms with van der Waals surface area (Å²) in [6.07, 6.45) is 2.76. The Labute approximate surface area is 251 Å². The summed E-state index contributed by atoms with van der Waals surface area (Å²) < 4.78 is 78.9. The molecule has 3 amide bonds. The minimum atomic E-state index is -1.80. The molecule has 16 heteroatoms. The second kappa shape index (κ2) is 18.9. The first-order valence-electron chi connectivity index (χ1n) is 14.1. The van der Waals surface area contributed by atoms with Crippen LogP contribution in [0.2, 0.25) is 0 Å². The molecule has 2 heterocycles. The lowest BCUT2D eigenvalue weighted by atomic mass is 10.0. The Bertz CT molecular complexity index is 1050. The number of hydrogen-bond donors (Lipinski definition) is 3. The van der Waals surface area contributed by atoms with Gasteiger partial charge in [-0.05, 0) is 12.8 Å². The summed E-state index contributed by atoms with van der Waals surface area (Å²) in [5.41, 5.74) is 0. The second-order valence-electron chi connectivity index (χ2n) is 9.69. The van der Waals surface area contributed by atoms with Gasteiger partial charge in [0.2, 0.25) is 23.3 Å². The molecule has 0 radical (unpaired) electrons. The first-order chi connectivity index (χ1) is 20.8. The minimum Gasteiger partial charge on any atom is -0.420 e. The molecule has 2 fully saturated rings. The van der Waals surface area contributed by atoms with Gasteiger partial charge in [0.05, 0.1) is 71.4 Å². The van der Waals surface area contributed by atoms with Gasteiger partial charge in [-0.25, -0.2) is 13.6 Å². The molecule has 11 nitrogen and oxygen atoms in total. The number of carbonyl (C=O) groups excluding carboxylic acids is 3. The Morgan fingerprint density at radius 3 is 2.09 bits per heavy atom. The maximum Gasteiger partial charge on any atom is 0.315 e. The third kappa shape index (κ3) is 12.1. The van der Waals surface area contributed by atoms with E-state index >= 15 is 0 Å². The van der Waals surface area contributed by atoms with Gasteiger partial charge in [-0.2, -0.15) is 20.5 Å². The van der Waals surface area contributed by atoms with E-state index in [0.29, 0.717) is 44.6 Å². The van der Waals surface area contributed by atoms with E-state index in [2.05, 4.69) is 20.7 Å². The monoisotopic (exact) mass is 639 g/mol. The van der Waals surface area contributed by atoms with E-state index in [1.807, 2.05) is 11.8 Å². The first kappa shape index (κ1) is 34.8. The highest BCUT2D eigenvalue weighted by molar-refractivity contribution is 8.00. The van der Waals surface area contributed by atoms with Crippen LogP contribution < -0.4 is 20.7 Å². The summed E-state index contributed by atoms with van der Waals surface area (Å²) in [5, 5.41) is 9.12. The summed E-state index contributed by atoms with van der Waals surface area (Å²) in [7, 11) is 0. The molecule has 3 N–H and O–H groups in total. The number of ether oxygens (including phenoxy) is 5. The maximum absolute atomic E-state index is 13.5. The number of thioether (sulfide) groups is 1. The molecule has 2 saturated heterocycles. The molecule has 0 unspecified atom stereocenters. The summed E-state index contributed by atoms with van der Waals surface area (Å²) in [4.78, 5) is 35.0. The van der Waals surface area contributed by atoms with Gasteiger partial charge >= 0.3 is 12.0 Å². The fourth-order valence-electron chi connectivity index (χ4n) is 4.35. The Hall–Kier alpha value is -2.66. The molecular formula is C27H37F4N3O8S. The number of nitrogens with one attached hydrogen (secondary N) is 3. The lowest BCUT2D eigenvalue weighted by Crippen LogP contribution is -2.36. The van der Waals surface area contributed by atoms with Crippen LogP contribution in [0.15, 0.2) is 6.07 Å². The molecule has 3 atom stereocenters. The second-order valence-corrected chi connectivity index (χ2v) is 11.0. The van der Waals surface area contributed by atoms with Crippen LogP contribution in [-0.4, -0.2) is 100 Å². The summed E-state index contributed by atoms with van der Waals surface area (Å²) in [6, 6.07) is 0.331. The van der Waals surface area contributed by atoms with E-state index in [9.17, 15) is 31.9 Å². The van der Waals surface area contributed by atoms with Crippen LogP contribution in [0.1, 0.15) is 32.1 Å². The van der Waals surface area contributed by atoms with Crippen LogP contribution in [0.3, 0.4) is 0 Å². The number of amides is 3. The lowest BCUT2D eigenvalue weighted by molar-refractivity contribution is -0.136. The van der Waals surface area contributed by atoms with E-state index in [1.54, 1.807) is 0 Å². The predicted molar refractivity (Wildman–Crippen MR) is 147 cm³/mol. The molecule has 1 aromatic rings. The summed E-state index contributed by atoms with van der Waals surface area (Å²) >= 11 is 1.87. The number of unbranched alkanes of at least 4 members (excludes halogenated alkanes) is 1. The van der Waals surface area contributed by atoms with Crippen molar-refractivity contribution in [2.75, 3.05) is 65.2 Å². The molecule has 0 saturated carbocycles. The molecule has 0 bridgehead atoms. The van der Waals surface area contributed by atoms with Gasteiger partial charge in [-0.1, -0.05) is 6.42 Å². The molecule has 0 aromatic heterocycles. The van der Waals surface area contributed by atoms with Gasteiger partial charge in [-0.15, -0.1) is 0 Å². The topological polar surface area (TPSA) is 133 Å². The molecule has 2 aliphatic heterocycles.